The highest BCUT2D eigenvalue weighted by Crippen LogP contribution is 2.43. The van der Waals surface area contributed by atoms with E-state index in [1.807, 2.05) is 6.92 Å². The summed E-state index contributed by atoms with van der Waals surface area (Å²) in [6.45, 7) is 8.62. The van der Waals surface area contributed by atoms with Gasteiger partial charge in [0.2, 0.25) is 0 Å². The quantitative estimate of drug-likeness (QED) is 0.178. The van der Waals surface area contributed by atoms with E-state index in [1.54, 1.807) is 27.7 Å². The lowest BCUT2D eigenvalue weighted by atomic mass is 9.73. The van der Waals surface area contributed by atoms with Crippen LogP contribution >= 0.6 is 0 Å². The minimum absolute atomic E-state index is 0.00705. The fraction of sp³-hybridized carbons (Fsp3) is 0.733. The van der Waals surface area contributed by atoms with Gasteiger partial charge in [0.15, 0.2) is 12.3 Å². The molecule has 0 saturated carbocycles. The molecule has 2 heterocycles. The standard InChI is InChI=1S/C30H46FNO10/c1-8-9-20(39-6)26(36)27(37)32-28(40-7)22-13-23(31)30(4,5)24(41-22)12-18(34)15(3)21-10-16-14(2)17(33)11-19(35)25(16)29(38)42-21/h11,15,18,20-24,26,28,33-36H,8-10,12-13H2,1-7H3,(H,32,37)/t15-,18+,20+,21-,22+,23+,24-,26+,28+/m1/s1. The lowest BCUT2D eigenvalue weighted by Crippen LogP contribution is -2.58. The van der Waals surface area contributed by atoms with Crippen molar-refractivity contribution in [1.29, 1.82) is 0 Å². The van der Waals surface area contributed by atoms with E-state index < -0.39 is 72.2 Å². The molecule has 12 heteroatoms. The second kappa shape index (κ2) is 13.9. The number of aromatic hydroxyl groups is 2. The van der Waals surface area contributed by atoms with Gasteiger partial charge < -0.3 is 44.7 Å². The number of phenols is 2. The number of carbonyl (C=O) groups is 2. The number of alkyl halides is 1. The maximum absolute atomic E-state index is 15.6. The van der Waals surface area contributed by atoms with Gasteiger partial charge in [-0.2, -0.15) is 0 Å². The predicted molar refractivity (Wildman–Crippen MR) is 150 cm³/mol. The van der Waals surface area contributed by atoms with Crippen LogP contribution in [0.25, 0.3) is 0 Å². The first-order valence-corrected chi connectivity index (χ1v) is 14.4. The number of halogens is 1. The van der Waals surface area contributed by atoms with E-state index in [0.29, 0.717) is 24.0 Å². The zero-order valence-electron chi connectivity index (χ0n) is 25.4. The Morgan fingerprint density at radius 3 is 2.45 bits per heavy atom. The normalized spacial score (nSPS) is 27.2. The van der Waals surface area contributed by atoms with Crippen molar-refractivity contribution >= 4 is 11.9 Å². The van der Waals surface area contributed by atoms with Crippen LogP contribution in [0, 0.1) is 18.3 Å². The molecular formula is C30H46FNO10. The molecule has 0 aliphatic carbocycles. The molecule has 1 saturated heterocycles. The maximum Gasteiger partial charge on any atom is 0.342 e. The minimum atomic E-state index is -1.46. The van der Waals surface area contributed by atoms with E-state index in [1.165, 1.54) is 14.2 Å². The van der Waals surface area contributed by atoms with Crippen LogP contribution in [-0.4, -0.2) is 95.5 Å². The molecule has 238 valence electrons. The molecular weight excluding hydrogens is 553 g/mol. The third kappa shape index (κ3) is 6.99. The highest BCUT2D eigenvalue weighted by molar-refractivity contribution is 5.96. The number of carbonyl (C=O) groups excluding carboxylic acids is 2. The van der Waals surface area contributed by atoms with Gasteiger partial charge in [-0.1, -0.05) is 34.1 Å². The van der Waals surface area contributed by atoms with Crippen LogP contribution in [-0.2, 0) is 30.2 Å². The Kier molecular flexibility index (Phi) is 11.2. The number of cyclic esters (lactones) is 1. The van der Waals surface area contributed by atoms with Gasteiger partial charge in [-0.15, -0.1) is 0 Å². The summed E-state index contributed by atoms with van der Waals surface area (Å²) in [5.41, 5.74) is -0.130. The number of hydrogen-bond acceptors (Lipinski definition) is 10. The van der Waals surface area contributed by atoms with E-state index in [9.17, 15) is 30.0 Å². The summed E-state index contributed by atoms with van der Waals surface area (Å²) >= 11 is 0. The van der Waals surface area contributed by atoms with Crippen LogP contribution in [0.15, 0.2) is 6.07 Å². The lowest BCUT2D eigenvalue weighted by molar-refractivity contribution is -0.204. The Bertz CT molecular complexity index is 1110. The largest absolute Gasteiger partial charge is 0.508 e. The summed E-state index contributed by atoms with van der Waals surface area (Å²) < 4.78 is 38.0. The molecule has 2 aliphatic heterocycles. The molecule has 5 N–H and O–H groups in total. The zero-order chi connectivity index (χ0) is 31.5. The number of amides is 1. The number of aliphatic hydroxyl groups excluding tert-OH is 2. The highest BCUT2D eigenvalue weighted by atomic mass is 19.1. The van der Waals surface area contributed by atoms with E-state index in [2.05, 4.69) is 5.32 Å². The number of fused-ring (bicyclic) bond motifs is 1. The summed E-state index contributed by atoms with van der Waals surface area (Å²) in [4.78, 5) is 25.5. The van der Waals surface area contributed by atoms with Gasteiger partial charge in [0.25, 0.3) is 5.91 Å². The smallest absolute Gasteiger partial charge is 0.342 e. The highest BCUT2D eigenvalue weighted by Gasteiger charge is 2.49. The van der Waals surface area contributed by atoms with Gasteiger partial charge >= 0.3 is 5.97 Å². The molecule has 0 spiro atoms. The number of nitrogens with one attached hydrogen (secondary N) is 1. The Hall–Kier alpha value is -2.51. The summed E-state index contributed by atoms with van der Waals surface area (Å²) in [5.74, 6) is -2.63. The third-order valence-electron chi connectivity index (χ3n) is 8.97. The summed E-state index contributed by atoms with van der Waals surface area (Å²) in [6, 6.07) is 1.10. The Balaban J connectivity index is 1.73. The van der Waals surface area contributed by atoms with Crippen molar-refractivity contribution < 1.29 is 53.4 Å². The number of methoxy groups -OCH3 is 2. The monoisotopic (exact) mass is 599 g/mol. The van der Waals surface area contributed by atoms with Crippen molar-refractivity contribution in [2.45, 2.75) is 116 Å². The number of ether oxygens (including phenoxy) is 4. The molecule has 1 aromatic rings. The Labute approximate surface area is 246 Å². The molecule has 0 unspecified atom stereocenters. The lowest BCUT2D eigenvalue weighted by Gasteiger charge is -2.47. The zero-order valence-corrected chi connectivity index (χ0v) is 25.4. The van der Waals surface area contributed by atoms with Crippen LogP contribution in [0.1, 0.15) is 74.9 Å². The number of rotatable bonds is 12. The van der Waals surface area contributed by atoms with E-state index in [4.69, 9.17) is 18.9 Å². The van der Waals surface area contributed by atoms with Crippen LogP contribution < -0.4 is 5.32 Å². The molecule has 42 heavy (non-hydrogen) atoms. The Morgan fingerprint density at radius 1 is 1.19 bits per heavy atom. The number of hydrogen-bond donors (Lipinski definition) is 5. The SMILES string of the molecule is CCC[C@H](OC)[C@H](O)C(=O)N[C@@H](OC)[C@@H]1C[C@H](F)C(C)(C)[C@@H](C[C@H](O)[C@@H](C)[C@H]2Cc3c(C)c(O)cc(O)c3C(=O)O2)O1. The fourth-order valence-electron chi connectivity index (χ4n) is 5.80. The number of phenolic OH excluding ortho intramolecular Hbond substituents is 2. The summed E-state index contributed by atoms with van der Waals surface area (Å²) in [5, 5.41) is 44.6. The predicted octanol–water partition coefficient (Wildman–Crippen LogP) is 2.66. The summed E-state index contributed by atoms with van der Waals surface area (Å²) in [7, 11) is 2.75. The Morgan fingerprint density at radius 2 is 1.86 bits per heavy atom. The average Bonchev–Trinajstić information content (AvgIpc) is 2.94. The molecule has 9 atom stereocenters. The van der Waals surface area contributed by atoms with Crippen molar-refractivity contribution in [3.05, 3.63) is 22.8 Å². The van der Waals surface area contributed by atoms with Crippen LogP contribution in [0.4, 0.5) is 4.39 Å². The van der Waals surface area contributed by atoms with Gasteiger partial charge in [0.05, 0.1) is 18.3 Å². The molecule has 2 aliphatic rings. The fourth-order valence-corrected chi connectivity index (χ4v) is 5.80. The molecule has 3 rings (SSSR count). The number of esters is 1. The van der Waals surface area contributed by atoms with E-state index >= 15 is 4.39 Å². The van der Waals surface area contributed by atoms with Gasteiger partial charge in [0, 0.05) is 50.9 Å². The van der Waals surface area contributed by atoms with Crippen molar-refractivity contribution in [3.63, 3.8) is 0 Å². The molecule has 1 fully saturated rings. The minimum Gasteiger partial charge on any atom is -0.508 e. The topological polar surface area (TPSA) is 164 Å². The molecule has 11 nitrogen and oxygen atoms in total. The van der Waals surface area contributed by atoms with Crippen LogP contribution in [0.2, 0.25) is 0 Å². The second-order valence-electron chi connectivity index (χ2n) is 12.1. The van der Waals surface area contributed by atoms with Crippen molar-refractivity contribution in [1.82, 2.24) is 5.32 Å². The van der Waals surface area contributed by atoms with Crippen molar-refractivity contribution in [3.8, 4) is 11.5 Å². The van der Waals surface area contributed by atoms with Crippen LogP contribution in [0.3, 0.4) is 0 Å². The van der Waals surface area contributed by atoms with E-state index in [-0.39, 0.29) is 36.3 Å². The molecule has 1 aromatic carbocycles. The maximum atomic E-state index is 15.6. The van der Waals surface area contributed by atoms with Gasteiger partial charge in [-0.05, 0) is 24.5 Å². The summed E-state index contributed by atoms with van der Waals surface area (Å²) in [6.07, 6.45) is -6.96. The first kappa shape index (κ1) is 34.0. The van der Waals surface area contributed by atoms with Crippen molar-refractivity contribution in [2.24, 2.45) is 11.3 Å². The third-order valence-corrected chi connectivity index (χ3v) is 8.97. The molecule has 0 bridgehead atoms. The van der Waals surface area contributed by atoms with Gasteiger partial charge in [0.1, 0.15) is 35.4 Å². The molecule has 0 aromatic heterocycles. The van der Waals surface area contributed by atoms with Gasteiger partial charge in [-0.3, -0.25) is 4.79 Å². The van der Waals surface area contributed by atoms with Crippen LogP contribution in [0.5, 0.6) is 11.5 Å². The molecule has 0 radical (unpaired) electrons. The number of benzene rings is 1. The van der Waals surface area contributed by atoms with E-state index in [0.717, 1.165) is 6.07 Å². The van der Waals surface area contributed by atoms with Crippen molar-refractivity contribution in [2.75, 3.05) is 14.2 Å². The molecule has 1 amide bonds. The van der Waals surface area contributed by atoms with Gasteiger partial charge in [-0.25, -0.2) is 9.18 Å². The average molecular weight is 600 g/mol. The number of aliphatic hydroxyl groups is 2. The first-order chi connectivity index (χ1) is 19.7. The second-order valence-corrected chi connectivity index (χ2v) is 12.1. The first-order valence-electron chi connectivity index (χ1n) is 14.4.